The Bertz CT molecular complexity index is 1280. The first-order chi connectivity index (χ1) is 15.7. The van der Waals surface area contributed by atoms with Crippen molar-refractivity contribution in [2.24, 2.45) is 0 Å². The van der Waals surface area contributed by atoms with E-state index in [9.17, 15) is 13.2 Å². The van der Waals surface area contributed by atoms with E-state index in [1.54, 1.807) is 36.4 Å². The summed E-state index contributed by atoms with van der Waals surface area (Å²) in [6.07, 6.45) is -0.999. The van der Waals surface area contributed by atoms with E-state index >= 15 is 0 Å². The maximum absolute atomic E-state index is 13.6. The van der Waals surface area contributed by atoms with Crippen molar-refractivity contribution in [3.63, 3.8) is 0 Å². The number of amides is 1. The molecule has 33 heavy (non-hydrogen) atoms. The van der Waals surface area contributed by atoms with Gasteiger partial charge in [-0.3, -0.25) is 9.10 Å². The van der Waals surface area contributed by atoms with Crippen LogP contribution in [0, 0.1) is 13.8 Å². The van der Waals surface area contributed by atoms with Gasteiger partial charge in [0.1, 0.15) is 5.75 Å². The number of carbonyl (C=O) groups excluding carboxylic acids is 1. The number of para-hydroxylation sites is 1. The third-order valence-electron chi connectivity index (χ3n) is 5.73. The predicted octanol–water partition coefficient (Wildman–Crippen LogP) is 5.02. The number of nitrogens with zero attached hydrogens (tertiary/aromatic N) is 1. The number of anilines is 2. The number of ether oxygens (including phenoxy) is 1. The number of benzene rings is 3. The standard InChI is InChI=1S/C26H28N2O4S/c1-17(2)21-7-5-6-8-22(21)27-26(29)25-16-28(23-15-19(4)11-14-24(23)32-25)33(30,31)20-12-9-18(3)10-13-20/h5-15,17,25H,16H2,1-4H3,(H,27,29)/t25-/m1/s1. The molecule has 0 aromatic heterocycles. The van der Waals surface area contributed by atoms with Gasteiger partial charge in [0, 0.05) is 5.69 Å². The van der Waals surface area contributed by atoms with Gasteiger partial charge in [0.05, 0.1) is 17.1 Å². The van der Waals surface area contributed by atoms with E-state index in [1.165, 1.54) is 4.31 Å². The van der Waals surface area contributed by atoms with E-state index in [0.29, 0.717) is 17.1 Å². The number of aryl methyl sites for hydroxylation is 2. The average molecular weight is 465 g/mol. The second kappa shape index (κ2) is 8.90. The second-order valence-corrected chi connectivity index (χ2v) is 10.5. The van der Waals surface area contributed by atoms with Crippen molar-refractivity contribution < 1.29 is 17.9 Å². The molecule has 4 rings (SSSR count). The number of carbonyl (C=O) groups is 1. The Hall–Kier alpha value is -3.32. The van der Waals surface area contributed by atoms with Crippen molar-refractivity contribution in [1.29, 1.82) is 0 Å². The van der Waals surface area contributed by atoms with Crippen molar-refractivity contribution in [3.8, 4) is 5.75 Å². The van der Waals surface area contributed by atoms with Gasteiger partial charge < -0.3 is 10.1 Å². The summed E-state index contributed by atoms with van der Waals surface area (Å²) >= 11 is 0. The molecule has 1 heterocycles. The zero-order valence-electron chi connectivity index (χ0n) is 19.2. The molecule has 0 fully saturated rings. The second-order valence-electron chi connectivity index (χ2n) is 8.66. The van der Waals surface area contributed by atoms with Crippen molar-refractivity contribution in [3.05, 3.63) is 83.4 Å². The summed E-state index contributed by atoms with van der Waals surface area (Å²) in [4.78, 5) is 13.4. The van der Waals surface area contributed by atoms with Crippen LogP contribution in [0.5, 0.6) is 5.75 Å². The molecular formula is C26H28N2O4S. The molecule has 1 aliphatic heterocycles. The third kappa shape index (κ3) is 4.59. The molecule has 0 unspecified atom stereocenters. The van der Waals surface area contributed by atoms with Crippen LogP contribution in [0.4, 0.5) is 11.4 Å². The molecule has 3 aromatic rings. The number of nitrogens with one attached hydrogen (secondary N) is 1. The fraction of sp³-hybridized carbons (Fsp3) is 0.269. The Labute approximate surface area is 195 Å². The molecule has 0 bridgehead atoms. The van der Waals surface area contributed by atoms with Crippen LogP contribution >= 0.6 is 0 Å². The van der Waals surface area contributed by atoms with E-state index in [0.717, 1.165) is 16.7 Å². The Balaban J connectivity index is 1.70. The zero-order valence-corrected chi connectivity index (χ0v) is 20.0. The third-order valence-corrected chi connectivity index (χ3v) is 7.52. The Morgan fingerprint density at radius 1 is 1.00 bits per heavy atom. The molecule has 7 heteroatoms. The number of hydrogen-bond donors (Lipinski definition) is 1. The predicted molar refractivity (Wildman–Crippen MR) is 130 cm³/mol. The number of sulfonamides is 1. The van der Waals surface area contributed by atoms with Crippen LogP contribution in [0.1, 0.15) is 36.5 Å². The Kier molecular flexibility index (Phi) is 6.17. The molecule has 1 amide bonds. The van der Waals surface area contributed by atoms with E-state index in [4.69, 9.17) is 4.74 Å². The first kappa shape index (κ1) is 22.9. The molecule has 172 valence electrons. The van der Waals surface area contributed by atoms with Crippen LogP contribution < -0.4 is 14.4 Å². The van der Waals surface area contributed by atoms with Crippen LogP contribution in [-0.2, 0) is 14.8 Å². The van der Waals surface area contributed by atoms with Gasteiger partial charge in [-0.15, -0.1) is 0 Å². The van der Waals surface area contributed by atoms with E-state index in [1.807, 2.05) is 44.2 Å². The molecule has 0 saturated heterocycles. The number of rotatable bonds is 5. The first-order valence-electron chi connectivity index (χ1n) is 10.9. The van der Waals surface area contributed by atoms with Crippen LogP contribution in [0.3, 0.4) is 0 Å². The van der Waals surface area contributed by atoms with Crippen LogP contribution in [-0.4, -0.2) is 27.0 Å². The first-order valence-corrected chi connectivity index (χ1v) is 12.4. The van der Waals surface area contributed by atoms with E-state index < -0.39 is 22.0 Å². The summed E-state index contributed by atoms with van der Waals surface area (Å²) in [5.74, 6) is 0.189. The van der Waals surface area contributed by atoms with E-state index in [2.05, 4.69) is 19.2 Å². The number of fused-ring (bicyclic) bond motifs is 1. The van der Waals surface area contributed by atoms with Crippen LogP contribution in [0.25, 0.3) is 0 Å². The molecule has 6 nitrogen and oxygen atoms in total. The van der Waals surface area contributed by atoms with Gasteiger partial charge in [-0.2, -0.15) is 0 Å². The highest BCUT2D eigenvalue weighted by atomic mass is 32.2. The minimum Gasteiger partial charge on any atom is -0.476 e. The van der Waals surface area contributed by atoms with Crippen molar-refractivity contribution in [2.45, 2.75) is 44.6 Å². The maximum atomic E-state index is 13.6. The van der Waals surface area contributed by atoms with Crippen molar-refractivity contribution >= 4 is 27.3 Å². The minimum absolute atomic E-state index is 0.123. The summed E-state index contributed by atoms with van der Waals surface area (Å²) in [5, 5.41) is 2.94. The summed E-state index contributed by atoms with van der Waals surface area (Å²) in [6.45, 7) is 7.77. The summed E-state index contributed by atoms with van der Waals surface area (Å²) in [6, 6.07) is 19.6. The van der Waals surface area contributed by atoms with Gasteiger partial charge in [-0.05, 0) is 61.2 Å². The smallest absolute Gasteiger partial charge is 0.267 e. The summed E-state index contributed by atoms with van der Waals surface area (Å²) < 4.78 is 34.4. The normalized spacial score (nSPS) is 15.7. The van der Waals surface area contributed by atoms with Gasteiger partial charge in [0.15, 0.2) is 6.10 Å². The molecular weight excluding hydrogens is 436 g/mol. The van der Waals surface area contributed by atoms with E-state index in [-0.39, 0.29) is 17.4 Å². The summed E-state index contributed by atoms with van der Waals surface area (Å²) in [7, 11) is -3.90. The largest absolute Gasteiger partial charge is 0.476 e. The molecule has 1 N–H and O–H groups in total. The van der Waals surface area contributed by atoms with Crippen LogP contribution in [0.2, 0.25) is 0 Å². The molecule has 0 spiro atoms. The quantitative estimate of drug-likeness (QED) is 0.575. The van der Waals surface area contributed by atoms with Crippen molar-refractivity contribution in [1.82, 2.24) is 0 Å². The van der Waals surface area contributed by atoms with Crippen LogP contribution in [0.15, 0.2) is 71.6 Å². The Morgan fingerprint density at radius 2 is 1.67 bits per heavy atom. The topological polar surface area (TPSA) is 75.7 Å². The molecule has 3 aromatic carbocycles. The SMILES string of the molecule is Cc1ccc(S(=O)(=O)N2C[C@H](C(=O)Nc3ccccc3C(C)C)Oc3ccc(C)cc32)cc1. The fourth-order valence-corrected chi connectivity index (χ4v) is 5.36. The average Bonchev–Trinajstić information content (AvgIpc) is 2.78. The lowest BCUT2D eigenvalue weighted by atomic mass is 10.0. The maximum Gasteiger partial charge on any atom is 0.267 e. The fourth-order valence-electron chi connectivity index (χ4n) is 3.89. The molecule has 0 saturated carbocycles. The minimum atomic E-state index is -3.90. The lowest BCUT2D eigenvalue weighted by Crippen LogP contribution is -2.49. The zero-order chi connectivity index (χ0) is 23.8. The van der Waals surface area contributed by atoms with Gasteiger partial charge in [-0.25, -0.2) is 8.42 Å². The molecule has 0 radical (unpaired) electrons. The highest BCUT2D eigenvalue weighted by Crippen LogP contribution is 2.38. The number of hydrogen-bond acceptors (Lipinski definition) is 4. The van der Waals surface area contributed by atoms with Gasteiger partial charge >= 0.3 is 0 Å². The summed E-state index contributed by atoms with van der Waals surface area (Å²) in [5.41, 5.74) is 4.00. The van der Waals surface area contributed by atoms with Gasteiger partial charge in [-0.1, -0.05) is 55.8 Å². The van der Waals surface area contributed by atoms with Gasteiger partial charge in [0.25, 0.3) is 15.9 Å². The lowest BCUT2D eigenvalue weighted by molar-refractivity contribution is -0.122. The molecule has 1 aliphatic rings. The Morgan fingerprint density at radius 3 is 2.36 bits per heavy atom. The van der Waals surface area contributed by atoms with Crippen molar-refractivity contribution in [2.75, 3.05) is 16.2 Å². The highest BCUT2D eigenvalue weighted by molar-refractivity contribution is 7.92. The highest BCUT2D eigenvalue weighted by Gasteiger charge is 2.37. The lowest BCUT2D eigenvalue weighted by Gasteiger charge is -2.35. The monoisotopic (exact) mass is 464 g/mol. The molecule has 1 atom stereocenters. The molecule has 0 aliphatic carbocycles. The van der Waals surface area contributed by atoms with Gasteiger partial charge in [0.2, 0.25) is 0 Å².